The fourth-order valence-corrected chi connectivity index (χ4v) is 0. The smallest absolute Gasteiger partial charge is 0.550 e. The van der Waals surface area contributed by atoms with Crippen molar-refractivity contribution in [1.29, 1.82) is 0 Å². The van der Waals surface area contributed by atoms with E-state index in [0.717, 1.165) is 27.7 Å². The van der Waals surface area contributed by atoms with Gasteiger partial charge < -0.3 is 45.1 Å². The van der Waals surface area contributed by atoms with Crippen LogP contribution >= 0.6 is 0 Å². The van der Waals surface area contributed by atoms with E-state index in [0.29, 0.717) is 0 Å². The van der Waals surface area contributed by atoms with Gasteiger partial charge in [-0.25, -0.2) is 0 Å². The second-order valence-corrected chi connectivity index (χ2v) is 1.97. The molecular formula is C8H14O9Zr. The summed E-state index contributed by atoms with van der Waals surface area (Å²) >= 11 is 0. The van der Waals surface area contributed by atoms with E-state index in [-0.39, 0.29) is 31.7 Å². The van der Waals surface area contributed by atoms with Gasteiger partial charge in [-0.15, -0.1) is 0 Å². The third-order valence-corrected chi connectivity index (χ3v) is 0. The predicted octanol–water partition coefficient (Wildman–Crippen LogP) is -5.80. The maximum atomic E-state index is 8.89. The molecule has 0 radical (unpaired) electrons. The predicted molar refractivity (Wildman–Crippen MR) is 46.3 cm³/mol. The number of carboxylic acid groups (broad SMARTS) is 4. The molecule has 9 nitrogen and oxygen atoms in total. The van der Waals surface area contributed by atoms with Gasteiger partial charge >= 0.3 is 26.2 Å². The molecule has 0 unspecified atom stereocenters. The molecule has 0 saturated carbocycles. The van der Waals surface area contributed by atoms with Crippen molar-refractivity contribution >= 4 is 23.9 Å². The van der Waals surface area contributed by atoms with Crippen LogP contribution in [-0.4, -0.2) is 29.4 Å². The van der Waals surface area contributed by atoms with E-state index >= 15 is 0 Å². The Balaban J connectivity index is -0.0000000257. The number of carbonyl (C=O) groups is 4. The third-order valence-electron chi connectivity index (χ3n) is 0. The van der Waals surface area contributed by atoms with Crippen LogP contribution in [0.1, 0.15) is 27.7 Å². The van der Waals surface area contributed by atoms with Gasteiger partial charge in [0.15, 0.2) is 0 Å². The molecule has 0 aromatic rings. The van der Waals surface area contributed by atoms with E-state index in [2.05, 4.69) is 0 Å². The van der Waals surface area contributed by atoms with Gasteiger partial charge in [0.05, 0.1) is 0 Å². The van der Waals surface area contributed by atoms with Crippen molar-refractivity contribution in [3.63, 3.8) is 0 Å². The minimum Gasteiger partial charge on any atom is -0.550 e. The van der Waals surface area contributed by atoms with Gasteiger partial charge in [0, 0.05) is 23.9 Å². The van der Waals surface area contributed by atoms with Gasteiger partial charge in [0.1, 0.15) is 0 Å². The van der Waals surface area contributed by atoms with Crippen LogP contribution in [0, 0.1) is 0 Å². The Kier molecular flexibility index (Phi) is 59.2. The summed E-state index contributed by atoms with van der Waals surface area (Å²) < 4.78 is 0. The summed E-state index contributed by atoms with van der Waals surface area (Å²) in [6, 6.07) is 0. The molecular weight excluding hydrogens is 331 g/mol. The molecule has 0 fully saturated rings. The average molecular weight is 345 g/mol. The van der Waals surface area contributed by atoms with Crippen LogP contribution in [0.25, 0.3) is 0 Å². The van der Waals surface area contributed by atoms with Crippen LogP contribution in [0.5, 0.6) is 0 Å². The monoisotopic (exact) mass is 344 g/mol. The molecule has 18 heavy (non-hydrogen) atoms. The molecule has 0 aromatic heterocycles. The van der Waals surface area contributed by atoms with E-state index in [1.165, 1.54) is 0 Å². The quantitative estimate of drug-likeness (QED) is 0.414. The summed E-state index contributed by atoms with van der Waals surface area (Å²) in [5.74, 6) is -4.33. The van der Waals surface area contributed by atoms with Crippen LogP contribution in [0.3, 0.4) is 0 Å². The Hall–Kier alpha value is -1.28. The second-order valence-electron chi connectivity index (χ2n) is 1.97. The topological polar surface area (TPSA) is 192 Å². The molecule has 0 atom stereocenters. The second kappa shape index (κ2) is 29.6. The summed E-state index contributed by atoms with van der Waals surface area (Å²) in [6.45, 7) is 3.89. The maximum Gasteiger partial charge on any atom is 4.00 e. The Morgan fingerprint density at radius 3 is 0.556 bits per heavy atom. The third kappa shape index (κ3) is 1700. The molecule has 2 N–H and O–H groups in total. The zero-order chi connectivity index (χ0) is 14.3. The van der Waals surface area contributed by atoms with E-state index in [1.54, 1.807) is 0 Å². The fourth-order valence-electron chi connectivity index (χ4n) is 0. The molecule has 0 aliphatic heterocycles. The summed E-state index contributed by atoms with van der Waals surface area (Å²) in [5.41, 5.74) is 0. The SMILES string of the molecule is CC(=O)[O-].CC(=O)[O-].CC(=O)[O-].CC(=O)[O-].O.[Zr+4]. The number of carboxylic acids is 4. The summed E-state index contributed by atoms with van der Waals surface area (Å²) in [7, 11) is 0. The molecule has 0 aliphatic carbocycles. The van der Waals surface area contributed by atoms with Crippen LogP contribution in [0.4, 0.5) is 0 Å². The first-order valence-electron chi connectivity index (χ1n) is 3.63. The summed E-state index contributed by atoms with van der Waals surface area (Å²) in [6.07, 6.45) is 0. The van der Waals surface area contributed by atoms with Crippen LogP contribution in [0.2, 0.25) is 0 Å². The zero-order valence-electron chi connectivity index (χ0n) is 10.3. The first kappa shape index (κ1) is 36.0. The van der Waals surface area contributed by atoms with Gasteiger partial charge in [-0.3, -0.25) is 0 Å². The van der Waals surface area contributed by atoms with Crippen molar-refractivity contribution in [3.05, 3.63) is 0 Å². The van der Waals surface area contributed by atoms with Crippen molar-refractivity contribution in [3.8, 4) is 0 Å². The van der Waals surface area contributed by atoms with Crippen LogP contribution in [-0.2, 0) is 45.4 Å². The standard InChI is InChI=1S/4C2H4O2.H2O.Zr/c4*1-2(3)4;;/h4*1H3,(H,3,4);1H2;/q;;;;;+4/p-4. The first-order chi connectivity index (χ1) is 6.93. The van der Waals surface area contributed by atoms with E-state index < -0.39 is 23.9 Å². The summed E-state index contributed by atoms with van der Waals surface area (Å²) in [5, 5.41) is 35.6. The normalized spacial score (nSPS) is 5.56. The van der Waals surface area contributed by atoms with Crippen molar-refractivity contribution in [1.82, 2.24) is 0 Å². The largest absolute Gasteiger partial charge is 4.00 e. The Bertz CT molecular complexity index is 163. The van der Waals surface area contributed by atoms with E-state index in [4.69, 9.17) is 39.6 Å². The molecule has 104 valence electrons. The van der Waals surface area contributed by atoms with Gasteiger partial charge in [0.2, 0.25) is 0 Å². The van der Waals surface area contributed by atoms with Crippen molar-refractivity contribution in [2.24, 2.45) is 0 Å². The molecule has 0 saturated heterocycles. The van der Waals surface area contributed by atoms with Crippen molar-refractivity contribution < 1.29 is 71.3 Å². The minimum atomic E-state index is -1.08. The number of aliphatic carboxylic acids is 4. The Labute approximate surface area is 123 Å². The maximum absolute atomic E-state index is 8.89. The first-order valence-corrected chi connectivity index (χ1v) is 3.63. The van der Waals surface area contributed by atoms with Crippen LogP contribution in [0.15, 0.2) is 0 Å². The van der Waals surface area contributed by atoms with Gasteiger partial charge in [-0.2, -0.15) is 0 Å². The Morgan fingerprint density at radius 2 is 0.556 bits per heavy atom. The van der Waals surface area contributed by atoms with E-state index in [9.17, 15) is 0 Å². The molecule has 0 amide bonds. The number of rotatable bonds is 0. The fraction of sp³-hybridized carbons (Fsp3) is 0.500. The number of hydrogen-bond acceptors (Lipinski definition) is 8. The molecule has 0 spiro atoms. The van der Waals surface area contributed by atoms with Crippen molar-refractivity contribution in [2.75, 3.05) is 0 Å². The van der Waals surface area contributed by atoms with Crippen LogP contribution < -0.4 is 20.4 Å². The minimum absolute atomic E-state index is 0. The Morgan fingerprint density at radius 1 is 0.556 bits per heavy atom. The molecule has 0 heterocycles. The average Bonchev–Trinajstić information content (AvgIpc) is 1.76. The van der Waals surface area contributed by atoms with Gasteiger partial charge in [-0.1, -0.05) is 0 Å². The van der Waals surface area contributed by atoms with Gasteiger partial charge in [-0.05, 0) is 27.7 Å². The van der Waals surface area contributed by atoms with Gasteiger partial charge in [0.25, 0.3) is 0 Å². The summed E-state index contributed by atoms with van der Waals surface area (Å²) in [4.78, 5) is 35.6. The molecule has 0 bridgehead atoms. The van der Waals surface area contributed by atoms with E-state index in [1.807, 2.05) is 0 Å². The molecule has 0 aliphatic rings. The van der Waals surface area contributed by atoms with Crippen molar-refractivity contribution in [2.45, 2.75) is 27.7 Å². The number of hydrogen-bond donors (Lipinski definition) is 0. The zero-order valence-corrected chi connectivity index (χ0v) is 12.7. The number of carbonyl (C=O) groups excluding carboxylic acids is 4. The molecule has 0 aromatic carbocycles. The molecule has 10 heteroatoms. The molecule has 0 rings (SSSR count).